The smallest absolute Gasteiger partial charge is 0.250 e. The molecule has 27 heavy (non-hydrogen) atoms. The number of carbonyl (C=O) groups is 1. The fourth-order valence-electron chi connectivity index (χ4n) is 2.60. The Kier molecular flexibility index (Phi) is 4.74. The number of aldehydes is 1. The third-order valence-electron chi connectivity index (χ3n) is 3.94. The van der Waals surface area contributed by atoms with E-state index in [4.69, 9.17) is 9.47 Å². The average Bonchev–Trinajstić information content (AvgIpc) is 3.14. The van der Waals surface area contributed by atoms with Crippen molar-refractivity contribution in [1.82, 2.24) is 19.5 Å². The normalized spacial score (nSPS) is 10.7. The highest BCUT2D eigenvalue weighted by Gasteiger charge is 2.12. The molecule has 0 spiro atoms. The predicted octanol–water partition coefficient (Wildman–Crippen LogP) is 3.51. The van der Waals surface area contributed by atoms with Crippen LogP contribution in [0, 0.1) is 0 Å². The van der Waals surface area contributed by atoms with Gasteiger partial charge >= 0.3 is 0 Å². The molecular weight excluding hydrogens is 344 g/mol. The lowest BCUT2D eigenvalue weighted by Crippen LogP contribution is -2.08. The van der Waals surface area contributed by atoms with E-state index in [1.807, 2.05) is 34.9 Å². The lowest BCUT2D eigenvalue weighted by atomic mass is 10.2. The van der Waals surface area contributed by atoms with Crippen LogP contribution in [-0.2, 0) is 6.54 Å². The highest BCUT2D eigenvalue weighted by Crippen LogP contribution is 2.25. The van der Waals surface area contributed by atoms with Gasteiger partial charge in [0.1, 0.15) is 30.7 Å². The number of aromatic nitrogens is 4. The van der Waals surface area contributed by atoms with Gasteiger partial charge < -0.3 is 14.0 Å². The van der Waals surface area contributed by atoms with Crippen LogP contribution >= 0.6 is 0 Å². The molecule has 0 saturated heterocycles. The molecule has 0 bridgehead atoms. The molecule has 7 heteroatoms. The highest BCUT2D eigenvalue weighted by molar-refractivity contribution is 5.76. The molecule has 7 nitrogen and oxygen atoms in total. The Morgan fingerprint density at radius 1 is 0.926 bits per heavy atom. The van der Waals surface area contributed by atoms with Gasteiger partial charge in [0.15, 0.2) is 11.2 Å². The van der Waals surface area contributed by atoms with Crippen molar-refractivity contribution in [3.8, 4) is 17.4 Å². The minimum Gasteiger partial charge on any atom is -0.492 e. The summed E-state index contributed by atoms with van der Waals surface area (Å²) in [6, 6.07) is 16.4. The van der Waals surface area contributed by atoms with Crippen LogP contribution in [0.2, 0.25) is 0 Å². The summed E-state index contributed by atoms with van der Waals surface area (Å²) in [6.45, 7) is 0.999. The number of fused-ring (bicyclic) bond motifs is 1. The predicted molar refractivity (Wildman–Crippen MR) is 99.2 cm³/mol. The van der Waals surface area contributed by atoms with Crippen molar-refractivity contribution in [3.63, 3.8) is 0 Å². The summed E-state index contributed by atoms with van der Waals surface area (Å²) in [5.41, 5.74) is 1.89. The zero-order chi connectivity index (χ0) is 18.5. The second-order valence-corrected chi connectivity index (χ2v) is 5.74. The van der Waals surface area contributed by atoms with E-state index < -0.39 is 0 Å². The molecule has 134 valence electrons. The number of hydrogen-bond donors (Lipinski definition) is 0. The maximum atomic E-state index is 10.7. The van der Waals surface area contributed by atoms with Gasteiger partial charge in [0.05, 0.1) is 12.9 Å². The molecule has 0 fully saturated rings. The zero-order valence-corrected chi connectivity index (χ0v) is 14.4. The quantitative estimate of drug-likeness (QED) is 0.469. The molecule has 2 aromatic heterocycles. The van der Waals surface area contributed by atoms with Crippen molar-refractivity contribution in [2.45, 2.75) is 6.54 Å². The Hall–Kier alpha value is -3.74. The Morgan fingerprint density at radius 3 is 2.52 bits per heavy atom. The minimum absolute atomic E-state index is 0.412. The summed E-state index contributed by atoms with van der Waals surface area (Å²) in [6.07, 6.45) is 3.95. The van der Waals surface area contributed by atoms with Crippen LogP contribution in [0.4, 0.5) is 0 Å². The summed E-state index contributed by atoms with van der Waals surface area (Å²) >= 11 is 0. The second-order valence-electron chi connectivity index (χ2n) is 5.74. The van der Waals surface area contributed by atoms with E-state index in [1.54, 1.807) is 30.6 Å². The molecule has 0 atom stereocenters. The molecule has 2 aromatic carbocycles. The van der Waals surface area contributed by atoms with E-state index in [-0.39, 0.29) is 0 Å². The molecule has 0 amide bonds. The largest absolute Gasteiger partial charge is 0.492 e. The van der Waals surface area contributed by atoms with Gasteiger partial charge in [0, 0.05) is 5.56 Å². The molecule has 0 saturated carbocycles. The van der Waals surface area contributed by atoms with Gasteiger partial charge in [0.2, 0.25) is 0 Å². The third-order valence-corrected chi connectivity index (χ3v) is 3.94. The second kappa shape index (κ2) is 7.65. The van der Waals surface area contributed by atoms with Crippen molar-refractivity contribution in [3.05, 3.63) is 72.8 Å². The Labute approximate surface area is 155 Å². The minimum atomic E-state index is 0.412. The summed E-state index contributed by atoms with van der Waals surface area (Å²) in [4.78, 5) is 23.6. The van der Waals surface area contributed by atoms with Gasteiger partial charge in [-0.05, 0) is 36.4 Å². The molecule has 0 radical (unpaired) electrons. The highest BCUT2D eigenvalue weighted by atomic mass is 16.5. The first-order valence-corrected chi connectivity index (χ1v) is 8.40. The molecule has 2 heterocycles. The number of rotatable bonds is 7. The van der Waals surface area contributed by atoms with Gasteiger partial charge in [-0.25, -0.2) is 9.97 Å². The van der Waals surface area contributed by atoms with E-state index in [1.165, 1.54) is 6.33 Å². The van der Waals surface area contributed by atoms with E-state index >= 15 is 0 Å². The van der Waals surface area contributed by atoms with Crippen molar-refractivity contribution in [2.24, 2.45) is 0 Å². The molecule has 0 N–H and O–H groups in total. The topological polar surface area (TPSA) is 79.1 Å². The van der Waals surface area contributed by atoms with Gasteiger partial charge in [0.25, 0.3) is 5.88 Å². The summed E-state index contributed by atoms with van der Waals surface area (Å²) < 4.78 is 13.4. The molecule has 0 unspecified atom stereocenters. The molecule has 0 aliphatic heterocycles. The average molecular weight is 360 g/mol. The third kappa shape index (κ3) is 3.77. The summed E-state index contributed by atoms with van der Waals surface area (Å²) in [7, 11) is 0. The number of hydrogen-bond acceptors (Lipinski definition) is 6. The van der Waals surface area contributed by atoms with Gasteiger partial charge in [-0.2, -0.15) is 4.98 Å². The fourth-order valence-corrected chi connectivity index (χ4v) is 2.60. The summed E-state index contributed by atoms with van der Waals surface area (Å²) in [5, 5.41) is 0. The molecule has 4 aromatic rings. The van der Waals surface area contributed by atoms with Crippen LogP contribution in [-0.4, -0.2) is 32.4 Å². The van der Waals surface area contributed by atoms with Crippen molar-refractivity contribution in [1.29, 1.82) is 0 Å². The van der Waals surface area contributed by atoms with Crippen LogP contribution < -0.4 is 9.47 Å². The lowest BCUT2D eigenvalue weighted by molar-refractivity contribution is 0.112. The standard InChI is InChI=1S/C20H16N4O3/c25-12-15-6-8-16(9-7-15)26-11-10-24-14-23-18-19(24)21-13-22-20(18)27-17-4-2-1-3-5-17/h1-9,12-14H,10-11H2. The number of benzene rings is 2. The Morgan fingerprint density at radius 2 is 1.74 bits per heavy atom. The number of nitrogens with zero attached hydrogens (tertiary/aromatic N) is 4. The van der Waals surface area contributed by atoms with Crippen molar-refractivity contribution in [2.75, 3.05) is 6.61 Å². The number of para-hydroxylation sites is 1. The van der Waals surface area contributed by atoms with Gasteiger partial charge in [-0.3, -0.25) is 4.79 Å². The van der Waals surface area contributed by atoms with Crippen LogP contribution in [0.15, 0.2) is 67.3 Å². The number of carbonyl (C=O) groups excluding carboxylic acids is 1. The SMILES string of the molecule is O=Cc1ccc(OCCn2cnc3c(Oc4ccccc4)ncnc32)cc1. The van der Waals surface area contributed by atoms with Crippen LogP contribution in [0.1, 0.15) is 10.4 Å². The van der Waals surface area contributed by atoms with Crippen molar-refractivity contribution >= 4 is 17.5 Å². The maximum Gasteiger partial charge on any atom is 0.250 e. The van der Waals surface area contributed by atoms with E-state index in [9.17, 15) is 4.79 Å². The maximum absolute atomic E-state index is 10.7. The van der Waals surface area contributed by atoms with Gasteiger partial charge in [-0.1, -0.05) is 18.2 Å². The van der Waals surface area contributed by atoms with Crippen LogP contribution in [0.3, 0.4) is 0 Å². The molecular formula is C20H16N4O3. The zero-order valence-electron chi connectivity index (χ0n) is 14.4. The van der Waals surface area contributed by atoms with E-state index in [2.05, 4.69) is 15.0 Å². The van der Waals surface area contributed by atoms with Crippen LogP contribution in [0.25, 0.3) is 11.2 Å². The Balaban J connectivity index is 1.46. The van der Waals surface area contributed by atoms with Gasteiger partial charge in [-0.15, -0.1) is 0 Å². The van der Waals surface area contributed by atoms with Crippen molar-refractivity contribution < 1.29 is 14.3 Å². The first kappa shape index (κ1) is 16.7. The molecule has 0 aliphatic carbocycles. The summed E-state index contributed by atoms with van der Waals surface area (Å²) in [5.74, 6) is 1.80. The monoisotopic (exact) mass is 360 g/mol. The lowest BCUT2D eigenvalue weighted by Gasteiger charge is -2.08. The molecule has 4 rings (SSSR count). The van der Waals surface area contributed by atoms with E-state index in [0.717, 1.165) is 6.29 Å². The Bertz CT molecular complexity index is 1050. The fraction of sp³-hybridized carbons (Fsp3) is 0.100. The molecule has 0 aliphatic rings. The van der Waals surface area contributed by atoms with Crippen LogP contribution in [0.5, 0.6) is 17.4 Å². The first-order chi connectivity index (χ1) is 13.3. The number of ether oxygens (including phenoxy) is 2. The van der Waals surface area contributed by atoms with E-state index in [0.29, 0.717) is 47.3 Å². The first-order valence-electron chi connectivity index (χ1n) is 8.40. The number of imidazole rings is 1.